The molecule has 3 heteroatoms. The van der Waals surface area contributed by atoms with E-state index in [1.807, 2.05) is 6.92 Å². The largest absolute Gasteiger partial charge is 0.344 e. The molecule has 1 unspecified atom stereocenters. The van der Waals surface area contributed by atoms with E-state index in [9.17, 15) is 4.79 Å². The highest BCUT2D eigenvalue weighted by Gasteiger charge is 2.17. The normalized spacial score (nSPS) is 17.6. The predicted octanol–water partition coefficient (Wildman–Crippen LogP) is 0.904. The van der Waals surface area contributed by atoms with Gasteiger partial charge in [-0.1, -0.05) is 25.2 Å². The average Bonchev–Trinajstić information content (AvgIpc) is 2.17. The van der Waals surface area contributed by atoms with Gasteiger partial charge in [0, 0.05) is 0 Å². The summed E-state index contributed by atoms with van der Waals surface area (Å²) in [7, 11) is 0. The van der Waals surface area contributed by atoms with Gasteiger partial charge in [0.2, 0.25) is 5.91 Å². The van der Waals surface area contributed by atoms with Crippen LogP contribution in [0.5, 0.6) is 0 Å². The Morgan fingerprint density at radius 2 is 2.33 bits per heavy atom. The summed E-state index contributed by atoms with van der Waals surface area (Å²) in [5.74, 6) is 3.26. The summed E-state index contributed by atoms with van der Waals surface area (Å²) in [5.41, 5.74) is 0. The van der Waals surface area contributed by atoms with Gasteiger partial charge in [-0.15, -0.1) is 6.42 Å². The van der Waals surface area contributed by atoms with Gasteiger partial charge >= 0.3 is 0 Å². The predicted molar refractivity (Wildman–Crippen MR) is 61.3 cm³/mol. The fraction of sp³-hybridized carbons (Fsp3) is 0.750. The molecule has 15 heavy (non-hydrogen) atoms. The van der Waals surface area contributed by atoms with Crippen molar-refractivity contribution in [2.75, 3.05) is 13.1 Å². The quantitative estimate of drug-likeness (QED) is 0.637. The molecule has 84 valence electrons. The number of hydrogen-bond donors (Lipinski definition) is 2. The van der Waals surface area contributed by atoms with Gasteiger partial charge in [-0.05, 0) is 25.8 Å². The van der Waals surface area contributed by atoms with E-state index in [-0.39, 0.29) is 11.9 Å². The maximum absolute atomic E-state index is 11.4. The minimum Gasteiger partial charge on any atom is -0.344 e. The molecule has 1 amide bonds. The molecule has 1 aliphatic rings. The highest BCUT2D eigenvalue weighted by atomic mass is 16.2. The smallest absolute Gasteiger partial charge is 0.237 e. The molecule has 0 aliphatic heterocycles. The molecule has 1 aliphatic carbocycles. The number of terminal acetylenes is 1. The van der Waals surface area contributed by atoms with Gasteiger partial charge in [0.1, 0.15) is 0 Å². The molecule has 1 saturated carbocycles. The van der Waals surface area contributed by atoms with E-state index in [1.54, 1.807) is 0 Å². The molecule has 0 heterocycles. The Bertz CT molecular complexity index is 240. The van der Waals surface area contributed by atoms with Crippen molar-refractivity contribution in [1.82, 2.24) is 10.6 Å². The Hall–Kier alpha value is -1.01. The molecule has 0 aromatic rings. The molecule has 1 fully saturated rings. The first-order valence-electron chi connectivity index (χ1n) is 5.68. The van der Waals surface area contributed by atoms with E-state index in [0.717, 1.165) is 12.5 Å². The minimum absolute atomic E-state index is 0.0124. The highest BCUT2D eigenvalue weighted by Crippen LogP contribution is 2.28. The lowest BCUT2D eigenvalue weighted by molar-refractivity contribution is -0.122. The van der Waals surface area contributed by atoms with Crippen LogP contribution in [0.1, 0.15) is 32.6 Å². The van der Waals surface area contributed by atoms with Crippen molar-refractivity contribution in [3.05, 3.63) is 0 Å². The van der Waals surface area contributed by atoms with Crippen LogP contribution in [0.4, 0.5) is 0 Å². The van der Waals surface area contributed by atoms with E-state index in [4.69, 9.17) is 6.42 Å². The second-order valence-corrected chi connectivity index (χ2v) is 4.18. The second-order valence-electron chi connectivity index (χ2n) is 4.18. The third kappa shape index (κ3) is 4.35. The summed E-state index contributed by atoms with van der Waals surface area (Å²) < 4.78 is 0. The van der Waals surface area contributed by atoms with E-state index in [2.05, 4.69) is 16.6 Å². The zero-order chi connectivity index (χ0) is 11.1. The molecule has 0 bridgehead atoms. The molecular weight excluding hydrogens is 188 g/mol. The third-order valence-electron chi connectivity index (χ3n) is 2.99. The zero-order valence-electron chi connectivity index (χ0n) is 9.38. The molecule has 2 N–H and O–H groups in total. The fourth-order valence-electron chi connectivity index (χ4n) is 1.67. The highest BCUT2D eigenvalue weighted by molar-refractivity contribution is 5.81. The summed E-state index contributed by atoms with van der Waals surface area (Å²) in [6.45, 7) is 3.11. The lowest BCUT2D eigenvalue weighted by Gasteiger charge is -2.25. The minimum atomic E-state index is -0.140. The van der Waals surface area contributed by atoms with E-state index < -0.39 is 0 Å². The monoisotopic (exact) mass is 208 g/mol. The van der Waals surface area contributed by atoms with Crippen LogP contribution in [0.25, 0.3) is 0 Å². The van der Waals surface area contributed by atoms with Gasteiger partial charge in [-0.3, -0.25) is 4.79 Å². The van der Waals surface area contributed by atoms with Crippen LogP contribution in [-0.2, 0) is 4.79 Å². The van der Waals surface area contributed by atoms with Crippen LogP contribution in [0.2, 0.25) is 0 Å². The Balaban J connectivity index is 2.03. The third-order valence-corrected chi connectivity index (χ3v) is 2.99. The van der Waals surface area contributed by atoms with Gasteiger partial charge in [-0.25, -0.2) is 0 Å². The van der Waals surface area contributed by atoms with Crippen molar-refractivity contribution in [1.29, 1.82) is 0 Å². The summed E-state index contributed by atoms with van der Waals surface area (Å²) in [6.07, 6.45) is 10.3. The second kappa shape index (κ2) is 6.47. The van der Waals surface area contributed by atoms with Gasteiger partial charge in [0.25, 0.3) is 0 Å². The number of carbonyl (C=O) groups is 1. The molecule has 0 aromatic heterocycles. The van der Waals surface area contributed by atoms with Crippen molar-refractivity contribution in [3.8, 4) is 12.3 Å². The van der Waals surface area contributed by atoms with Gasteiger partial charge in [0.15, 0.2) is 0 Å². The van der Waals surface area contributed by atoms with Crippen molar-refractivity contribution in [3.63, 3.8) is 0 Å². The topological polar surface area (TPSA) is 41.1 Å². The SMILES string of the molecule is C#CCNC(=O)C(C)NCCC1CCC1. The summed E-state index contributed by atoms with van der Waals surface area (Å²) >= 11 is 0. The average molecular weight is 208 g/mol. The standard InChI is InChI=1S/C12H20N2O/c1-3-8-14-12(15)10(2)13-9-7-11-5-4-6-11/h1,10-11,13H,4-9H2,2H3,(H,14,15). The molecule has 0 spiro atoms. The van der Waals surface area contributed by atoms with Gasteiger partial charge in [0.05, 0.1) is 12.6 Å². The number of rotatable bonds is 6. The number of nitrogens with one attached hydrogen (secondary N) is 2. The molecule has 0 radical (unpaired) electrons. The molecule has 3 nitrogen and oxygen atoms in total. The van der Waals surface area contributed by atoms with E-state index in [1.165, 1.54) is 25.7 Å². The number of hydrogen-bond acceptors (Lipinski definition) is 2. The van der Waals surface area contributed by atoms with Crippen molar-refractivity contribution < 1.29 is 4.79 Å². The first-order chi connectivity index (χ1) is 7.24. The Labute approximate surface area is 92.0 Å². The Kier molecular flexibility index (Phi) is 5.20. The first-order valence-corrected chi connectivity index (χ1v) is 5.68. The summed E-state index contributed by atoms with van der Waals surface area (Å²) in [4.78, 5) is 11.4. The van der Waals surface area contributed by atoms with Crippen LogP contribution in [0.15, 0.2) is 0 Å². The number of amides is 1. The zero-order valence-corrected chi connectivity index (χ0v) is 9.38. The lowest BCUT2D eigenvalue weighted by Crippen LogP contribution is -2.43. The summed E-state index contributed by atoms with van der Waals surface area (Å²) in [5, 5.41) is 5.87. The van der Waals surface area contributed by atoms with Crippen molar-refractivity contribution in [2.45, 2.75) is 38.6 Å². The van der Waals surface area contributed by atoms with Gasteiger partial charge in [-0.2, -0.15) is 0 Å². The molecular formula is C12H20N2O. The molecule has 1 rings (SSSR count). The van der Waals surface area contributed by atoms with Crippen molar-refractivity contribution in [2.24, 2.45) is 5.92 Å². The van der Waals surface area contributed by atoms with Crippen LogP contribution in [0.3, 0.4) is 0 Å². The fourth-order valence-corrected chi connectivity index (χ4v) is 1.67. The van der Waals surface area contributed by atoms with E-state index >= 15 is 0 Å². The first kappa shape index (κ1) is 12.1. The number of carbonyl (C=O) groups excluding carboxylic acids is 1. The van der Waals surface area contributed by atoms with Crippen LogP contribution in [0, 0.1) is 18.3 Å². The maximum Gasteiger partial charge on any atom is 0.237 e. The van der Waals surface area contributed by atoms with Crippen LogP contribution < -0.4 is 10.6 Å². The summed E-state index contributed by atoms with van der Waals surface area (Å²) in [6, 6.07) is -0.140. The van der Waals surface area contributed by atoms with Crippen LogP contribution >= 0.6 is 0 Å². The van der Waals surface area contributed by atoms with Crippen LogP contribution in [-0.4, -0.2) is 25.0 Å². The molecule has 1 atom stereocenters. The van der Waals surface area contributed by atoms with Crippen molar-refractivity contribution >= 4 is 5.91 Å². The Morgan fingerprint density at radius 3 is 2.87 bits per heavy atom. The van der Waals surface area contributed by atoms with Gasteiger partial charge < -0.3 is 10.6 Å². The maximum atomic E-state index is 11.4. The molecule has 0 aromatic carbocycles. The lowest BCUT2D eigenvalue weighted by atomic mass is 9.83. The van der Waals surface area contributed by atoms with E-state index in [0.29, 0.717) is 6.54 Å². The molecule has 0 saturated heterocycles. The Morgan fingerprint density at radius 1 is 1.60 bits per heavy atom.